The highest BCUT2D eigenvalue weighted by molar-refractivity contribution is 5.78. The van der Waals surface area contributed by atoms with E-state index in [0.717, 1.165) is 25.7 Å². The highest BCUT2D eigenvalue weighted by Crippen LogP contribution is 2.30. The number of alkyl halides is 2. The van der Waals surface area contributed by atoms with Gasteiger partial charge in [-0.05, 0) is 64.5 Å². The zero-order valence-corrected chi connectivity index (χ0v) is 23.1. The Bertz CT molecular complexity index is 1310. The van der Waals surface area contributed by atoms with E-state index < -0.39 is 18.1 Å². The molecule has 1 aromatic carbocycles. The molecule has 1 saturated heterocycles. The first kappa shape index (κ1) is 28.0. The Hall–Kier alpha value is -3.54. The monoisotopic (exact) mass is 558 g/mol. The number of nitrogens with one attached hydrogen (secondary N) is 1. The van der Waals surface area contributed by atoms with Crippen LogP contribution < -0.4 is 15.0 Å². The van der Waals surface area contributed by atoms with E-state index >= 15 is 0 Å². The number of nitrogens with zero attached hydrogens (tertiary/aromatic N) is 5. The third-order valence-corrected chi connectivity index (χ3v) is 7.02. The van der Waals surface area contributed by atoms with Crippen molar-refractivity contribution in [2.45, 2.75) is 64.5 Å². The van der Waals surface area contributed by atoms with E-state index in [1.165, 1.54) is 4.57 Å². The van der Waals surface area contributed by atoms with Crippen LogP contribution in [0.25, 0.3) is 16.9 Å². The van der Waals surface area contributed by atoms with E-state index in [-0.39, 0.29) is 23.6 Å². The highest BCUT2D eigenvalue weighted by atomic mass is 19.3. The van der Waals surface area contributed by atoms with E-state index in [1.54, 1.807) is 30.3 Å². The average Bonchev–Trinajstić information content (AvgIpc) is 3.32. The van der Waals surface area contributed by atoms with Gasteiger partial charge in [0.2, 0.25) is 11.8 Å². The zero-order valence-electron chi connectivity index (χ0n) is 23.1. The first-order valence-electron chi connectivity index (χ1n) is 13.8. The van der Waals surface area contributed by atoms with Crippen molar-refractivity contribution in [3.8, 4) is 11.7 Å². The fourth-order valence-corrected chi connectivity index (χ4v) is 5.08. The number of para-hydroxylation sites is 2. The molecule has 12 heteroatoms. The summed E-state index contributed by atoms with van der Waals surface area (Å²) in [6, 6.07) is 8.65. The molecule has 2 aliphatic rings. The number of aromatic nitrogens is 4. The standard InChI is InChI=1S/C28H36F2N6O4/c1-28(2,3)40-27(37)31-19-10-8-18(9-11-19)17-39-23-16-22(33-26(34-23)35-12-14-38-15-13-35)36-21-7-5-4-6-20(21)32-25(36)24(29)30/h4-7,16,18-19,24H,8-15,17H2,1-3H3,(H,31,37)/t18-,19-. The molecule has 1 aliphatic heterocycles. The van der Waals surface area contributed by atoms with Gasteiger partial charge in [0.25, 0.3) is 6.43 Å². The Labute approximate surface area is 232 Å². The molecule has 1 amide bonds. The van der Waals surface area contributed by atoms with Gasteiger partial charge in [-0.1, -0.05) is 12.1 Å². The molecule has 0 spiro atoms. The van der Waals surface area contributed by atoms with Crippen LogP contribution >= 0.6 is 0 Å². The van der Waals surface area contributed by atoms with Crippen molar-refractivity contribution in [2.24, 2.45) is 5.92 Å². The lowest BCUT2D eigenvalue weighted by atomic mass is 9.86. The Morgan fingerprint density at radius 1 is 1.10 bits per heavy atom. The normalized spacial score (nSPS) is 20.1. The summed E-state index contributed by atoms with van der Waals surface area (Å²) in [5.74, 6) is 0.889. The second kappa shape index (κ2) is 11.9. The summed E-state index contributed by atoms with van der Waals surface area (Å²) in [7, 11) is 0. The molecule has 216 valence electrons. The summed E-state index contributed by atoms with van der Waals surface area (Å²) < 4.78 is 46.5. The summed E-state index contributed by atoms with van der Waals surface area (Å²) >= 11 is 0. The lowest BCUT2D eigenvalue weighted by molar-refractivity contribution is 0.0483. The van der Waals surface area contributed by atoms with Crippen molar-refractivity contribution < 1.29 is 27.8 Å². The number of halogens is 2. The number of rotatable bonds is 7. The van der Waals surface area contributed by atoms with E-state index in [1.807, 2.05) is 25.7 Å². The van der Waals surface area contributed by atoms with E-state index in [0.29, 0.717) is 55.8 Å². The van der Waals surface area contributed by atoms with Crippen LogP contribution in [0.4, 0.5) is 19.5 Å². The number of imidazole rings is 1. The number of benzene rings is 1. The zero-order chi connectivity index (χ0) is 28.3. The van der Waals surface area contributed by atoms with E-state index in [2.05, 4.69) is 20.3 Å². The molecule has 0 unspecified atom stereocenters. The van der Waals surface area contributed by atoms with Gasteiger partial charge >= 0.3 is 6.09 Å². The minimum atomic E-state index is -2.79. The van der Waals surface area contributed by atoms with Crippen LogP contribution in [0.1, 0.15) is 58.7 Å². The van der Waals surface area contributed by atoms with E-state index in [9.17, 15) is 13.6 Å². The molecular weight excluding hydrogens is 522 g/mol. The largest absolute Gasteiger partial charge is 0.477 e. The molecule has 40 heavy (non-hydrogen) atoms. The molecule has 1 aliphatic carbocycles. The Morgan fingerprint density at radius 3 is 2.52 bits per heavy atom. The number of carbonyl (C=O) groups excluding carboxylic acids is 1. The van der Waals surface area contributed by atoms with Gasteiger partial charge in [-0.25, -0.2) is 18.6 Å². The summed E-state index contributed by atoms with van der Waals surface area (Å²) in [5, 5.41) is 2.96. The number of fused-ring (bicyclic) bond motifs is 1. The van der Waals surface area contributed by atoms with Gasteiger partial charge in [-0.3, -0.25) is 4.57 Å². The lowest BCUT2D eigenvalue weighted by Crippen LogP contribution is -2.41. The van der Waals surface area contributed by atoms with Crippen LogP contribution in [0.3, 0.4) is 0 Å². The van der Waals surface area contributed by atoms with E-state index in [4.69, 9.17) is 14.2 Å². The minimum absolute atomic E-state index is 0.0620. The molecule has 1 N–H and O–H groups in total. The fourth-order valence-electron chi connectivity index (χ4n) is 5.08. The van der Waals surface area contributed by atoms with Crippen LogP contribution in [0.15, 0.2) is 30.3 Å². The number of alkyl carbamates (subject to hydrolysis) is 1. The van der Waals surface area contributed by atoms with Crippen molar-refractivity contribution in [2.75, 3.05) is 37.8 Å². The molecule has 3 heterocycles. The van der Waals surface area contributed by atoms with Gasteiger partial charge in [-0.2, -0.15) is 9.97 Å². The smallest absolute Gasteiger partial charge is 0.407 e. The maximum absolute atomic E-state index is 14.1. The maximum Gasteiger partial charge on any atom is 0.407 e. The van der Waals surface area contributed by atoms with Crippen molar-refractivity contribution in [3.05, 3.63) is 36.2 Å². The molecule has 3 aromatic rings. The molecule has 10 nitrogen and oxygen atoms in total. The summed E-state index contributed by atoms with van der Waals surface area (Å²) in [6.45, 7) is 8.17. The number of morpholine rings is 1. The van der Waals surface area contributed by atoms with Crippen LogP contribution in [-0.4, -0.2) is 70.2 Å². The number of anilines is 1. The van der Waals surface area contributed by atoms with Crippen LogP contribution in [0, 0.1) is 5.92 Å². The van der Waals surface area contributed by atoms with Crippen molar-refractivity contribution in [3.63, 3.8) is 0 Å². The Kier molecular flexibility index (Phi) is 8.34. The summed E-state index contributed by atoms with van der Waals surface area (Å²) in [5.41, 5.74) is 0.458. The molecule has 1 saturated carbocycles. The maximum atomic E-state index is 14.1. The first-order chi connectivity index (χ1) is 19.2. The number of hydrogen-bond donors (Lipinski definition) is 1. The van der Waals surface area contributed by atoms with Crippen molar-refractivity contribution in [1.29, 1.82) is 0 Å². The SMILES string of the molecule is CC(C)(C)OC(=O)N[C@H]1CC[C@H](COc2cc(-n3c(C(F)F)nc4ccccc43)nc(N3CCOCC3)n2)CC1. The summed E-state index contributed by atoms with van der Waals surface area (Å²) in [4.78, 5) is 27.6. The number of hydrogen-bond acceptors (Lipinski definition) is 8. The Balaban J connectivity index is 1.33. The third kappa shape index (κ3) is 6.78. The van der Waals surface area contributed by atoms with Gasteiger partial charge < -0.3 is 24.4 Å². The molecule has 0 atom stereocenters. The average molecular weight is 559 g/mol. The predicted octanol–water partition coefficient (Wildman–Crippen LogP) is 5.05. The van der Waals surface area contributed by atoms with Gasteiger partial charge in [0.15, 0.2) is 5.82 Å². The van der Waals surface area contributed by atoms with Crippen molar-refractivity contribution in [1.82, 2.24) is 24.8 Å². The second-order valence-electron chi connectivity index (χ2n) is 11.2. The van der Waals surface area contributed by atoms with Crippen LogP contribution in [-0.2, 0) is 9.47 Å². The van der Waals surface area contributed by atoms with Gasteiger partial charge in [0.05, 0.1) is 30.9 Å². The van der Waals surface area contributed by atoms with Crippen LogP contribution in [0.5, 0.6) is 5.88 Å². The molecule has 0 radical (unpaired) electrons. The summed E-state index contributed by atoms with van der Waals surface area (Å²) in [6.07, 6.45) is 0.196. The highest BCUT2D eigenvalue weighted by Gasteiger charge is 2.27. The molecule has 5 rings (SSSR count). The number of carbonyl (C=O) groups is 1. The quantitative estimate of drug-likeness (QED) is 0.430. The van der Waals surface area contributed by atoms with Gasteiger partial charge in [-0.15, -0.1) is 0 Å². The first-order valence-corrected chi connectivity index (χ1v) is 13.8. The third-order valence-electron chi connectivity index (χ3n) is 7.02. The molecule has 2 fully saturated rings. The lowest BCUT2D eigenvalue weighted by Gasteiger charge is -2.30. The second-order valence-corrected chi connectivity index (χ2v) is 11.2. The van der Waals surface area contributed by atoms with Crippen LogP contribution in [0.2, 0.25) is 0 Å². The topological polar surface area (TPSA) is 104 Å². The fraction of sp³-hybridized carbons (Fsp3) is 0.571. The predicted molar refractivity (Wildman–Crippen MR) is 145 cm³/mol. The number of amides is 1. The Morgan fingerprint density at radius 2 is 1.82 bits per heavy atom. The number of ether oxygens (including phenoxy) is 3. The molecule has 0 bridgehead atoms. The molecule has 2 aromatic heterocycles. The molecular formula is C28H36F2N6O4. The van der Waals surface area contributed by atoms with Gasteiger partial charge in [0, 0.05) is 25.2 Å². The minimum Gasteiger partial charge on any atom is -0.477 e. The van der Waals surface area contributed by atoms with Gasteiger partial charge in [0.1, 0.15) is 11.4 Å². The van der Waals surface area contributed by atoms with Crippen molar-refractivity contribution >= 4 is 23.1 Å².